The Morgan fingerprint density at radius 2 is 1.94 bits per heavy atom. The highest BCUT2D eigenvalue weighted by atomic mass is 19.1. The van der Waals surface area contributed by atoms with E-state index in [0.29, 0.717) is 43.9 Å². The summed E-state index contributed by atoms with van der Waals surface area (Å²) in [5.74, 6) is -0.750. The van der Waals surface area contributed by atoms with Crippen LogP contribution in [0.1, 0.15) is 29.4 Å². The Balaban J connectivity index is 1.59. The Morgan fingerprint density at radius 3 is 2.67 bits per heavy atom. The number of hydrogen-bond donors (Lipinski definition) is 0. The van der Waals surface area contributed by atoms with Gasteiger partial charge < -0.3 is 9.80 Å². The van der Waals surface area contributed by atoms with E-state index >= 15 is 0 Å². The summed E-state index contributed by atoms with van der Waals surface area (Å²) in [5, 5.41) is 4.24. The second-order valence-electron chi connectivity index (χ2n) is 8.53. The van der Waals surface area contributed by atoms with Gasteiger partial charge in [0.1, 0.15) is 11.5 Å². The molecule has 0 unspecified atom stereocenters. The molecule has 0 aliphatic carbocycles. The number of halogens is 1. The Bertz CT molecular complexity index is 1140. The first kappa shape index (κ1) is 22.7. The monoisotopic (exact) mass is 448 g/mol. The van der Waals surface area contributed by atoms with Gasteiger partial charge in [0.25, 0.3) is 5.91 Å². The second kappa shape index (κ2) is 9.98. The van der Waals surface area contributed by atoms with Gasteiger partial charge in [-0.1, -0.05) is 49.4 Å². The van der Waals surface area contributed by atoms with Gasteiger partial charge >= 0.3 is 0 Å². The van der Waals surface area contributed by atoms with Crippen LogP contribution in [-0.2, 0) is 18.3 Å². The molecule has 172 valence electrons. The average Bonchev–Trinajstić information content (AvgIpc) is 3.19. The highest BCUT2D eigenvalue weighted by molar-refractivity contribution is 5.93. The van der Waals surface area contributed by atoms with E-state index in [4.69, 9.17) is 0 Å². The van der Waals surface area contributed by atoms with E-state index in [1.165, 1.54) is 6.07 Å². The van der Waals surface area contributed by atoms with Crippen molar-refractivity contribution in [3.63, 3.8) is 0 Å². The van der Waals surface area contributed by atoms with E-state index in [0.717, 1.165) is 17.5 Å². The van der Waals surface area contributed by atoms with E-state index < -0.39 is 0 Å². The molecule has 2 aromatic carbocycles. The van der Waals surface area contributed by atoms with E-state index in [1.807, 2.05) is 42.2 Å². The van der Waals surface area contributed by atoms with E-state index in [9.17, 15) is 14.0 Å². The number of aryl methyl sites for hydroxylation is 1. The molecular weight excluding hydrogens is 419 g/mol. The van der Waals surface area contributed by atoms with Crippen LogP contribution in [0.3, 0.4) is 0 Å². The van der Waals surface area contributed by atoms with Crippen molar-refractivity contribution in [2.75, 3.05) is 26.2 Å². The fourth-order valence-electron chi connectivity index (χ4n) is 4.41. The van der Waals surface area contributed by atoms with Crippen LogP contribution in [0, 0.1) is 11.7 Å². The lowest BCUT2D eigenvalue weighted by atomic mass is 9.94. The van der Waals surface area contributed by atoms with Crippen LogP contribution in [0.15, 0.2) is 60.8 Å². The molecule has 2 amide bonds. The van der Waals surface area contributed by atoms with Crippen LogP contribution in [-0.4, -0.2) is 57.6 Å². The predicted octanol–water partition coefficient (Wildman–Crippen LogP) is 3.78. The van der Waals surface area contributed by atoms with Gasteiger partial charge in [0.2, 0.25) is 5.91 Å². The minimum absolute atomic E-state index is 0.0597. The van der Waals surface area contributed by atoms with Crippen molar-refractivity contribution in [3.05, 3.63) is 77.9 Å². The van der Waals surface area contributed by atoms with Gasteiger partial charge in [-0.2, -0.15) is 5.10 Å². The van der Waals surface area contributed by atoms with Crippen LogP contribution < -0.4 is 0 Å². The lowest BCUT2D eigenvalue weighted by Crippen LogP contribution is -2.38. The standard InChI is InChI=1S/C26H29FN4O2/c1-3-12-30-14-15-31(26(33)24-11-13-29(2)28-24)18-21(25(30)32)17-19-7-6-8-20(16-19)22-9-4-5-10-23(22)27/h4-11,13,16,21H,3,12,14-15,17-18H2,1-2H3/t21-/m0/s1. The summed E-state index contributed by atoms with van der Waals surface area (Å²) in [4.78, 5) is 30.1. The van der Waals surface area contributed by atoms with E-state index in [-0.39, 0.29) is 23.5 Å². The molecule has 3 aromatic rings. The summed E-state index contributed by atoms with van der Waals surface area (Å²) in [6.45, 7) is 4.03. The van der Waals surface area contributed by atoms with Crippen molar-refractivity contribution < 1.29 is 14.0 Å². The number of carbonyl (C=O) groups excluding carboxylic acids is 2. The maximum absolute atomic E-state index is 14.3. The Hall–Kier alpha value is -3.48. The lowest BCUT2D eigenvalue weighted by Gasteiger charge is -2.24. The van der Waals surface area contributed by atoms with Gasteiger partial charge in [-0.05, 0) is 36.1 Å². The highest BCUT2D eigenvalue weighted by Crippen LogP contribution is 2.25. The lowest BCUT2D eigenvalue weighted by molar-refractivity contribution is -0.134. The highest BCUT2D eigenvalue weighted by Gasteiger charge is 2.33. The van der Waals surface area contributed by atoms with Crippen LogP contribution in [0.4, 0.5) is 4.39 Å². The average molecular weight is 449 g/mol. The molecule has 0 spiro atoms. The molecule has 0 N–H and O–H groups in total. The molecule has 1 aliphatic rings. The van der Waals surface area contributed by atoms with Crippen molar-refractivity contribution in [2.45, 2.75) is 19.8 Å². The molecule has 0 bridgehead atoms. The maximum atomic E-state index is 14.3. The van der Waals surface area contributed by atoms with E-state index in [1.54, 1.807) is 41.0 Å². The summed E-state index contributed by atoms with van der Waals surface area (Å²) < 4.78 is 15.9. The zero-order valence-electron chi connectivity index (χ0n) is 19.1. The third-order valence-corrected chi connectivity index (χ3v) is 6.05. The minimum Gasteiger partial charge on any atom is -0.341 e. The van der Waals surface area contributed by atoms with Gasteiger partial charge in [0.15, 0.2) is 0 Å². The van der Waals surface area contributed by atoms with Crippen LogP contribution in [0.25, 0.3) is 11.1 Å². The first-order valence-corrected chi connectivity index (χ1v) is 11.4. The van der Waals surface area contributed by atoms with Crippen LogP contribution in [0.5, 0.6) is 0 Å². The van der Waals surface area contributed by atoms with Crippen molar-refractivity contribution in [2.24, 2.45) is 13.0 Å². The third-order valence-electron chi connectivity index (χ3n) is 6.05. The summed E-state index contributed by atoms with van der Waals surface area (Å²) >= 11 is 0. The zero-order chi connectivity index (χ0) is 23.4. The van der Waals surface area contributed by atoms with Gasteiger partial charge in [-0.3, -0.25) is 14.3 Å². The number of benzene rings is 2. The molecule has 7 heteroatoms. The molecule has 1 saturated heterocycles. The largest absolute Gasteiger partial charge is 0.341 e. The summed E-state index contributed by atoms with van der Waals surface area (Å²) in [6.07, 6.45) is 3.08. The molecule has 0 radical (unpaired) electrons. The first-order chi connectivity index (χ1) is 16.0. The molecule has 33 heavy (non-hydrogen) atoms. The van der Waals surface area contributed by atoms with Crippen molar-refractivity contribution >= 4 is 11.8 Å². The zero-order valence-corrected chi connectivity index (χ0v) is 19.1. The molecule has 6 nitrogen and oxygen atoms in total. The molecule has 1 aromatic heterocycles. The summed E-state index contributed by atoms with van der Waals surface area (Å²) in [5.41, 5.74) is 2.64. The molecule has 4 rings (SSSR count). The van der Waals surface area contributed by atoms with Crippen molar-refractivity contribution in [1.29, 1.82) is 0 Å². The fraction of sp³-hybridized carbons (Fsp3) is 0.346. The normalized spacial score (nSPS) is 16.7. The number of nitrogens with zero attached hydrogens (tertiary/aromatic N) is 4. The maximum Gasteiger partial charge on any atom is 0.274 e. The van der Waals surface area contributed by atoms with Gasteiger partial charge in [-0.15, -0.1) is 0 Å². The topological polar surface area (TPSA) is 58.4 Å². The predicted molar refractivity (Wildman–Crippen MR) is 125 cm³/mol. The van der Waals surface area contributed by atoms with Gasteiger partial charge in [-0.25, -0.2) is 4.39 Å². The van der Waals surface area contributed by atoms with Crippen LogP contribution in [0.2, 0.25) is 0 Å². The quantitative estimate of drug-likeness (QED) is 0.577. The third kappa shape index (κ3) is 5.13. The number of carbonyl (C=O) groups is 2. The Kier molecular flexibility index (Phi) is 6.87. The molecule has 1 aliphatic heterocycles. The fourth-order valence-corrected chi connectivity index (χ4v) is 4.41. The van der Waals surface area contributed by atoms with E-state index in [2.05, 4.69) is 5.10 Å². The molecular formula is C26H29FN4O2. The van der Waals surface area contributed by atoms with Crippen molar-refractivity contribution in [1.82, 2.24) is 19.6 Å². The van der Waals surface area contributed by atoms with Crippen LogP contribution >= 0.6 is 0 Å². The molecule has 1 atom stereocenters. The molecule has 1 fully saturated rings. The smallest absolute Gasteiger partial charge is 0.274 e. The van der Waals surface area contributed by atoms with Gasteiger partial charge in [0, 0.05) is 45.0 Å². The second-order valence-corrected chi connectivity index (χ2v) is 8.53. The Labute approximate surface area is 193 Å². The molecule has 2 heterocycles. The molecule has 0 saturated carbocycles. The number of aromatic nitrogens is 2. The minimum atomic E-state index is -0.373. The van der Waals surface area contributed by atoms with Gasteiger partial charge in [0.05, 0.1) is 5.92 Å². The summed E-state index contributed by atoms with van der Waals surface area (Å²) in [6, 6.07) is 16.0. The summed E-state index contributed by atoms with van der Waals surface area (Å²) in [7, 11) is 1.77. The van der Waals surface area contributed by atoms with Crippen molar-refractivity contribution in [3.8, 4) is 11.1 Å². The SMILES string of the molecule is CCCN1CCN(C(=O)c2ccn(C)n2)C[C@H](Cc2cccc(-c3ccccc3F)c2)C1=O. The number of amides is 2. The number of rotatable bonds is 6. The Morgan fingerprint density at radius 1 is 1.12 bits per heavy atom. The first-order valence-electron chi connectivity index (χ1n) is 11.4. The number of hydrogen-bond acceptors (Lipinski definition) is 3.